The normalized spacial score (nSPS) is 11.4. The van der Waals surface area contributed by atoms with Crippen LogP contribution in [0.5, 0.6) is 0 Å². The Kier molecular flexibility index (Phi) is 15.9. The molecule has 0 atom stereocenters. The molecule has 0 fully saturated rings. The summed E-state index contributed by atoms with van der Waals surface area (Å²) in [6.45, 7) is 22.4. The molecular weight excluding hydrogens is 863 g/mol. The maximum Gasteiger partial charge on any atom is 0.0920 e. The molecule has 0 amide bonds. The summed E-state index contributed by atoms with van der Waals surface area (Å²) in [6.07, 6.45) is 2.31. The largest absolute Gasteiger partial charge is 0.184 e. The summed E-state index contributed by atoms with van der Waals surface area (Å²) < 4.78 is 0. The van der Waals surface area contributed by atoms with Crippen molar-refractivity contribution in [1.29, 1.82) is 0 Å². The van der Waals surface area contributed by atoms with Crippen LogP contribution in [0.25, 0.3) is 54.9 Å². The Morgan fingerprint density at radius 2 is 0.983 bits per heavy atom. The monoisotopic (exact) mass is 917 g/mol. The zero-order valence-corrected chi connectivity index (χ0v) is 41.9. The van der Waals surface area contributed by atoms with Gasteiger partial charge < -0.3 is 0 Å². The van der Waals surface area contributed by atoms with Gasteiger partial charge in [0.15, 0.2) is 0 Å². The predicted octanol–water partition coefficient (Wildman–Crippen LogP) is 15.2. The van der Waals surface area contributed by atoms with Gasteiger partial charge in [-0.3, -0.25) is 0 Å². The minimum atomic E-state index is -0.826. The fraction of sp³-hybridized carbons (Fsp3) is 0.250. The van der Waals surface area contributed by atoms with Crippen LogP contribution in [0.1, 0.15) is 72.2 Å². The van der Waals surface area contributed by atoms with Crippen LogP contribution in [-0.2, 0) is 33.7 Å². The molecule has 4 heteroatoms. The van der Waals surface area contributed by atoms with E-state index in [1.54, 1.807) is 0 Å². The van der Waals surface area contributed by atoms with E-state index in [2.05, 4.69) is 197 Å². The average Bonchev–Trinajstić information content (AvgIpc) is 3.92. The predicted molar refractivity (Wildman–Crippen MR) is 263 cm³/mol. The topological polar surface area (TPSA) is 0 Å². The van der Waals surface area contributed by atoms with Crippen LogP contribution in [0.4, 0.5) is 0 Å². The van der Waals surface area contributed by atoms with E-state index in [0.29, 0.717) is 11.8 Å². The second kappa shape index (κ2) is 20.9. The quantitative estimate of drug-likeness (QED) is 0.115. The first-order valence-electron chi connectivity index (χ1n) is 21.1. The molecule has 8 aromatic rings. The average molecular weight is 920 g/mol. The van der Waals surface area contributed by atoms with Crippen LogP contribution in [-0.4, -0.2) is 9.52 Å². The number of hydrogen-bond acceptors (Lipinski definition) is 0. The molecule has 9 rings (SSSR count). The van der Waals surface area contributed by atoms with Gasteiger partial charge in [-0.2, -0.15) is 41.6 Å². The van der Waals surface area contributed by atoms with Crippen molar-refractivity contribution in [2.75, 3.05) is 0 Å². The molecule has 60 heavy (non-hydrogen) atoms. The number of halogens is 2. The van der Waals surface area contributed by atoms with Gasteiger partial charge in [-0.1, -0.05) is 121 Å². The van der Waals surface area contributed by atoms with Crippen LogP contribution >= 0.6 is 17.0 Å². The summed E-state index contributed by atoms with van der Waals surface area (Å²) in [5, 5.41) is 8.35. The van der Waals surface area contributed by atoms with Crippen molar-refractivity contribution in [2.45, 2.75) is 82.1 Å². The molecule has 1 aliphatic heterocycles. The summed E-state index contributed by atoms with van der Waals surface area (Å²) in [6, 6.07) is 50.2. The first kappa shape index (κ1) is 45.7. The summed E-state index contributed by atoms with van der Waals surface area (Å²) >= 11 is -0.826. The van der Waals surface area contributed by atoms with Crippen molar-refractivity contribution in [3.8, 4) is 33.4 Å². The van der Waals surface area contributed by atoms with Gasteiger partial charge in [-0.15, -0.1) is 74.6 Å². The van der Waals surface area contributed by atoms with E-state index >= 15 is 0 Å². The minimum Gasteiger partial charge on any atom is -0.184 e. The van der Waals surface area contributed by atoms with E-state index in [1.165, 1.54) is 110 Å². The Bertz CT molecular complexity index is 2520. The van der Waals surface area contributed by atoms with Gasteiger partial charge in [-0.05, 0) is 99.6 Å². The molecule has 0 spiro atoms. The molecule has 0 bridgehead atoms. The second-order valence-electron chi connectivity index (χ2n) is 17.2. The smallest absolute Gasteiger partial charge is 0.0920 e. The van der Waals surface area contributed by atoms with Gasteiger partial charge in [0.2, 0.25) is 0 Å². The summed E-state index contributed by atoms with van der Waals surface area (Å²) in [5.41, 5.74) is 19.4. The minimum absolute atomic E-state index is 0.697. The Hall–Kier alpha value is -3.78. The van der Waals surface area contributed by atoms with Crippen LogP contribution < -0.4 is 10.4 Å². The van der Waals surface area contributed by atoms with Crippen molar-refractivity contribution in [2.24, 2.45) is 11.8 Å². The molecule has 306 valence electrons. The van der Waals surface area contributed by atoms with Crippen molar-refractivity contribution >= 4 is 58.5 Å². The van der Waals surface area contributed by atoms with E-state index in [0.717, 1.165) is 22.4 Å². The van der Waals surface area contributed by atoms with Gasteiger partial charge in [0.05, 0.1) is 9.52 Å². The third-order valence-electron chi connectivity index (χ3n) is 11.4. The van der Waals surface area contributed by atoms with Crippen molar-refractivity contribution in [3.05, 3.63) is 178 Å². The molecule has 1 aliphatic rings. The third kappa shape index (κ3) is 11.0. The molecule has 0 nitrogen and oxygen atoms in total. The maximum atomic E-state index is 4.93. The van der Waals surface area contributed by atoms with Crippen molar-refractivity contribution in [1.82, 2.24) is 0 Å². The maximum absolute atomic E-state index is 4.93. The Morgan fingerprint density at radius 3 is 1.47 bits per heavy atom. The molecule has 1 heterocycles. The van der Waals surface area contributed by atoms with Crippen molar-refractivity contribution in [3.63, 3.8) is 0 Å². The van der Waals surface area contributed by atoms with Crippen LogP contribution in [0.3, 0.4) is 0 Å². The van der Waals surface area contributed by atoms with E-state index in [1.807, 2.05) is 6.07 Å². The van der Waals surface area contributed by atoms with E-state index in [9.17, 15) is 0 Å². The Balaban J connectivity index is 0.000000150. The second-order valence-corrected chi connectivity index (χ2v) is 22.3. The summed E-state index contributed by atoms with van der Waals surface area (Å²) in [4.78, 5) is 0. The SMILES string of the molecule is Cc1cc(C)c(C)c(-c2cccc3[cH-]c(CC(C)C)cc23)c1.Cc1cc(C)c(C)c(-c2cccc3[cH-]c(CC(C)C)cc23)c1.[Cl][Zr][Cl].[c-]1cccc2c1[Si]c1ccccc1-2. The van der Waals surface area contributed by atoms with Gasteiger partial charge in [-0.25, -0.2) is 0 Å². The van der Waals surface area contributed by atoms with E-state index in [-0.39, 0.29) is 0 Å². The number of fused-ring (bicyclic) bond motifs is 5. The summed E-state index contributed by atoms with van der Waals surface area (Å²) in [7, 11) is 10.7. The first-order valence-corrected chi connectivity index (χ1v) is 28.5. The molecule has 0 saturated carbocycles. The number of aryl methyl sites for hydroxylation is 4. The van der Waals surface area contributed by atoms with Crippen molar-refractivity contribution < 1.29 is 20.8 Å². The van der Waals surface area contributed by atoms with Crippen LogP contribution in [0, 0.1) is 59.4 Å². The summed E-state index contributed by atoms with van der Waals surface area (Å²) in [5.74, 6) is 1.39. The molecule has 0 unspecified atom stereocenters. The van der Waals surface area contributed by atoms with Gasteiger partial charge in [0.1, 0.15) is 0 Å². The standard InChI is InChI=1S/2C22H25.C12H7Si.2ClH.Zr/c2*1-14(2)9-18-12-19-7-6-8-20(22(19)13-18)21-11-15(3)10-16(4)17(21)5;1-3-7-11-9(5-1)10-6-2-4-8-12(10)13-11;;;/h2*6-8,10-14H,9H2,1-5H3;1-7H;2*1H;/q3*-1;;;+2/p-2. The zero-order valence-electron chi connectivity index (χ0n) is 36.9. The van der Waals surface area contributed by atoms with Gasteiger partial charge >= 0.3 is 37.9 Å². The van der Waals surface area contributed by atoms with Crippen LogP contribution in [0.15, 0.2) is 127 Å². The third-order valence-corrected chi connectivity index (χ3v) is 12.8. The molecular formula is C56H57Cl2SiZr-3. The molecule has 0 saturated heterocycles. The fourth-order valence-corrected chi connectivity index (χ4v) is 9.92. The van der Waals surface area contributed by atoms with E-state index < -0.39 is 20.8 Å². The van der Waals surface area contributed by atoms with Gasteiger partial charge in [0, 0.05) is 0 Å². The molecule has 0 aromatic heterocycles. The first-order chi connectivity index (χ1) is 28.8. The Morgan fingerprint density at radius 1 is 0.533 bits per heavy atom. The fourth-order valence-electron chi connectivity index (χ4n) is 8.61. The molecule has 2 radical (unpaired) electrons. The number of rotatable bonds is 6. The van der Waals surface area contributed by atoms with E-state index in [4.69, 9.17) is 17.0 Å². The van der Waals surface area contributed by atoms with Crippen LogP contribution in [0.2, 0.25) is 0 Å². The Labute approximate surface area is 381 Å². The van der Waals surface area contributed by atoms with Gasteiger partial charge in [0.25, 0.3) is 0 Å². The molecule has 0 N–H and O–H groups in total. The zero-order chi connectivity index (χ0) is 43.1. The molecule has 0 aliphatic carbocycles. The molecule has 8 aromatic carbocycles. The number of benzene rings is 6. The number of hydrogen-bond donors (Lipinski definition) is 0.